The Balaban J connectivity index is 5.07. The summed E-state index contributed by atoms with van der Waals surface area (Å²) in [6.45, 7) is 2.62. The van der Waals surface area contributed by atoms with Crippen molar-refractivity contribution in [2.45, 2.75) is 37.9 Å². The van der Waals surface area contributed by atoms with Crippen molar-refractivity contribution < 1.29 is 48.7 Å². The predicted octanol–water partition coefficient (Wildman–Crippen LogP) is 1.36. The molecule has 0 atom stereocenters. The summed E-state index contributed by atoms with van der Waals surface area (Å²) in [4.78, 5) is 11.0. The predicted molar refractivity (Wildman–Crippen MR) is 82.4 cm³/mol. The lowest BCUT2D eigenvalue weighted by atomic mass is 10.4. The molecule has 0 aromatic heterocycles. The molecule has 0 aliphatic heterocycles. The van der Waals surface area contributed by atoms with Crippen molar-refractivity contribution in [3.8, 4) is 0 Å². The van der Waals surface area contributed by atoms with E-state index in [2.05, 4.69) is 16.1 Å². The fourth-order valence-electron chi connectivity index (χ4n) is 1.26. The van der Waals surface area contributed by atoms with Gasteiger partial charge in [-0.25, -0.2) is 21.6 Å². The molecule has 8 nitrogen and oxygen atoms in total. The first-order chi connectivity index (χ1) is 11.6. The second-order valence-corrected chi connectivity index (χ2v) is 8.98. The number of sulfonamides is 2. The van der Waals surface area contributed by atoms with E-state index in [9.17, 15) is 39.2 Å². The number of unbranched alkanes of at least 4 members (excludes halogenated alkanes) is 1. The van der Waals surface area contributed by atoms with E-state index >= 15 is 0 Å². The molecule has 0 aromatic rings. The van der Waals surface area contributed by atoms with Crippen LogP contribution in [-0.2, 0) is 34.3 Å². The molecule has 0 fully saturated rings. The van der Waals surface area contributed by atoms with E-state index in [-0.39, 0.29) is 12.0 Å². The first kappa shape index (κ1) is 24.8. The molecular weight excluding hydrogens is 410 g/mol. The van der Waals surface area contributed by atoms with Crippen molar-refractivity contribution in [1.29, 1.82) is 0 Å². The maximum atomic E-state index is 13.7. The first-order valence-electron chi connectivity index (χ1n) is 7.01. The summed E-state index contributed by atoms with van der Waals surface area (Å²) in [5, 5.41) is -5.81. The Morgan fingerprint density at radius 1 is 1.15 bits per heavy atom. The number of nitrogens with one attached hydrogen (secondary N) is 1. The molecule has 26 heavy (non-hydrogen) atoms. The van der Waals surface area contributed by atoms with Gasteiger partial charge < -0.3 is 9.47 Å². The van der Waals surface area contributed by atoms with Crippen LogP contribution in [0.15, 0.2) is 12.2 Å². The van der Waals surface area contributed by atoms with Crippen LogP contribution in [0.5, 0.6) is 0 Å². The van der Waals surface area contributed by atoms with Gasteiger partial charge >= 0.3 is 17.1 Å². The third-order valence-corrected chi connectivity index (χ3v) is 6.36. The van der Waals surface area contributed by atoms with Crippen molar-refractivity contribution in [3.05, 3.63) is 12.2 Å². The number of ether oxygens (including phenoxy) is 2. The fourth-order valence-corrected chi connectivity index (χ4v) is 4.47. The standard InChI is InChI=1S/C12H19F4NO7S2/c1-4-5-6-25(19,20)17-26(21,22)12(15,16)11(13,14)7-23-8-24-10(18)9(2)3/h17H,2,4-8H2,1,3H3. The molecule has 154 valence electrons. The van der Waals surface area contributed by atoms with Gasteiger partial charge in [-0.05, 0) is 13.3 Å². The van der Waals surface area contributed by atoms with Gasteiger partial charge in [-0.2, -0.15) is 17.6 Å². The van der Waals surface area contributed by atoms with Crippen LogP contribution in [0.25, 0.3) is 0 Å². The minimum absolute atomic E-state index is 0.0655. The Kier molecular flexibility index (Phi) is 8.66. The summed E-state index contributed by atoms with van der Waals surface area (Å²) < 4.78 is 109. The van der Waals surface area contributed by atoms with Crippen molar-refractivity contribution in [1.82, 2.24) is 4.13 Å². The number of esters is 1. The molecule has 0 aliphatic rings. The van der Waals surface area contributed by atoms with Crippen LogP contribution >= 0.6 is 0 Å². The van der Waals surface area contributed by atoms with Gasteiger partial charge in [0.1, 0.15) is 6.61 Å². The lowest BCUT2D eigenvalue weighted by molar-refractivity contribution is -0.206. The number of rotatable bonds is 12. The van der Waals surface area contributed by atoms with Gasteiger partial charge in [-0.1, -0.05) is 19.9 Å². The van der Waals surface area contributed by atoms with Crippen LogP contribution < -0.4 is 4.13 Å². The Morgan fingerprint density at radius 3 is 2.15 bits per heavy atom. The van der Waals surface area contributed by atoms with Gasteiger partial charge in [0.25, 0.3) is 10.0 Å². The number of carbonyl (C=O) groups excluding carboxylic acids is 1. The number of hydrogen-bond acceptors (Lipinski definition) is 7. The normalized spacial score (nSPS) is 13.5. The highest BCUT2D eigenvalue weighted by Gasteiger charge is 2.66. The van der Waals surface area contributed by atoms with Crippen molar-refractivity contribution in [2.24, 2.45) is 0 Å². The largest absolute Gasteiger partial charge is 0.435 e. The van der Waals surface area contributed by atoms with E-state index < -0.39 is 56.3 Å². The summed E-state index contributed by atoms with van der Waals surface area (Å²) in [5.74, 6) is -7.19. The molecule has 0 unspecified atom stereocenters. The number of alkyl halides is 4. The highest BCUT2D eigenvalue weighted by atomic mass is 32.3. The summed E-state index contributed by atoms with van der Waals surface area (Å²) >= 11 is 0. The molecule has 1 N–H and O–H groups in total. The van der Waals surface area contributed by atoms with E-state index in [4.69, 9.17) is 0 Å². The van der Waals surface area contributed by atoms with Gasteiger partial charge in [0.05, 0.1) is 5.75 Å². The maximum Gasteiger partial charge on any atom is 0.423 e. The minimum atomic E-state index is -6.30. The van der Waals surface area contributed by atoms with Crippen LogP contribution in [0.3, 0.4) is 0 Å². The Labute approximate surface area is 148 Å². The monoisotopic (exact) mass is 429 g/mol. The second kappa shape index (κ2) is 9.10. The highest BCUT2D eigenvalue weighted by molar-refractivity contribution is 8.05. The van der Waals surface area contributed by atoms with E-state index in [0.717, 1.165) is 0 Å². The highest BCUT2D eigenvalue weighted by Crippen LogP contribution is 2.38. The molecule has 0 amide bonds. The number of hydrogen-bond donors (Lipinski definition) is 1. The van der Waals surface area contributed by atoms with Crippen LogP contribution in [0.4, 0.5) is 17.6 Å². The molecule has 0 spiro atoms. The third kappa shape index (κ3) is 6.81. The molecule has 14 heteroatoms. The van der Waals surface area contributed by atoms with Gasteiger partial charge in [-0.3, -0.25) is 0 Å². The van der Waals surface area contributed by atoms with Gasteiger partial charge in [-0.15, -0.1) is 4.13 Å². The summed E-state index contributed by atoms with van der Waals surface area (Å²) in [7, 11) is -11.1. The second-order valence-electron chi connectivity index (χ2n) is 5.16. The Bertz CT molecular complexity index is 720. The number of carbonyl (C=O) groups is 1. The van der Waals surface area contributed by atoms with Crippen molar-refractivity contribution >= 4 is 26.0 Å². The molecule has 0 saturated heterocycles. The van der Waals surface area contributed by atoms with Gasteiger partial charge in [0, 0.05) is 5.57 Å². The quantitative estimate of drug-likeness (QED) is 0.164. The lowest BCUT2D eigenvalue weighted by Crippen LogP contribution is -2.55. The van der Waals surface area contributed by atoms with Crippen LogP contribution in [0, 0.1) is 0 Å². The van der Waals surface area contributed by atoms with Crippen molar-refractivity contribution in [2.75, 3.05) is 19.2 Å². The average molecular weight is 429 g/mol. The zero-order valence-electron chi connectivity index (χ0n) is 13.9. The number of halogens is 4. The van der Waals surface area contributed by atoms with Crippen LogP contribution in [0.1, 0.15) is 26.7 Å². The van der Waals surface area contributed by atoms with E-state index in [1.807, 2.05) is 0 Å². The average Bonchev–Trinajstić information content (AvgIpc) is 2.47. The maximum absolute atomic E-state index is 13.7. The molecule has 0 aromatic carbocycles. The lowest BCUT2D eigenvalue weighted by Gasteiger charge is -2.25. The zero-order valence-corrected chi connectivity index (χ0v) is 15.6. The van der Waals surface area contributed by atoms with Gasteiger partial charge in [0.2, 0.25) is 10.0 Å². The van der Waals surface area contributed by atoms with Crippen LogP contribution in [-0.4, -0.2) is 53.1 Å². The summed E-state index contributed by atoms with van der Waals surface area (Å²) in [5.41, 5.74) is -0.116. The van der Waals surface area contributed by atoms with E-state index in [0.29, 0.717) is 10.5 Å². The van der Waals surface area contributed by atoms with Gasteiger partial charge in [0.15, 0.2) is 6.79 Å². The molecular formula is C12H19F4NO7S2. The Hall–Kier alpha value is -1.25. The fraction of sp³-hybridized carbons (Fsp3) is 0.750. The smallest absolute Gasteiger partial charge is 0.423 e. The molecule has 0 rings (SSSR count). The Morgan fingerprint density at radius 2 is 1.69 bits per heavy atom. The van der Waals surface area contributed by atoms with E-state index in [1.54, 1.807) is 6.92 Å². The molecule has 0 saturated carbocycles. The van der Waals surface area contributed by atoms with Crippen LogP contribution in [0.2, 0.25) is 0 Å². The minimum Gasteiger partial charge on any atom is -0.435 e. The molecule has 0 aliphatic carbocycles. The SMILES string of the molecule is C=C(C)C(=O)OCOCC(F)(F)C(F)(F)S(=O)(=O)NS(=O)(=O)CCCC. The summed E-state index contributed by atoms with van der Waals surface area (Å²) in [6, 6.07) is 0. The van der Waals surface area contributed by atoms with Crippen molar-refractivity contribution in [3.63, 3.8) is 0 Å². The third-order valence-electron chi connectivity index (χ3n) is 2.67. The molecule has 0 heterocycles. The van der Waals surface area contributed by atoms with E-state index in [1.165, 1.54) is 6.92 Å². The topological polar surface area (TPSA) is 116 Å². The molecule has 0 radical (unpaired) electrons. The first-order valence-corrected chi connectivity index (χ1v) is 10.1. The zero-order chi connectivity index (χ0) is 20.8. The summed E-state index contributed by atoms with van der Waals surface area (Å²) in [6.07, 6.45) is 0.230. The molecule has 0 bridgehead atoms.